The second-order valence-electron chi connectivity index (χ2n) is 4.95. The van der Waals surface area contributed by atoms with Crippen molar-refractivity contribution in [1.82, 2.24) is 10.9 Å². The highest BCUT2D eigenvalue weighted by Crippen LogP contribution is 2.15. The van der Waals surface area contributed by atoms with Gasteiger partial charge in [-0.15, -0.1) is 0 Å². The zero-order valence-corrected chi connectivity index (χ0v) is 13.4. The summed E-state index contributed by atoms with van der Waals surface area (Å²) >= 11 is 5.78. The second kappa shape index (κ2) is 8.19. The molecule has 6 heteroatoms. The molecule has 2 aromatic carbocycles. The van der Waals surface area contributed by atoms with Gasteiger partial charge in [0.05, 0.1) is 6.42 Å². The highest BCUT2D eigenvalue weighted by Gasteiger charge is 2.07. The molecule has 0 bridgehead atoms. The molecule has 0 aliphatic carbocycles. The molecule has 0 spiro atoms. The number of hydrazine groups is 1. The lowest BCUT2D eigenvalue weighted by Crippen LogP contribution is -2.44. The summed E-state index contributed by atoms with van der Waals surface area (Å²) in [4.78, 5) is 23.4. The molecule has 23 heavy (non-hydrogen) atoms. The quantitative estimate of drug-likeness (QED) is 0.826. The molecule has 0 atom stereocenters. The van der Waals surface area contributed by atoms with Crippen molar-refractivity contribution in [2.75, 3.05) is 6.61 Å². The molecule has 0 radical (unpaired) electrons. The van der Waals surface area contributed by atoms with Crippen LogP contribution in [-0.2, 0) is 16.0 Å². The summed E-state index contributed by atoms with van der Waals surface area (Å²) in [5.41, 5.74) is 6.40. The van der Waals surface area contributed by atoms with Gasteiger partial charge < -0.3 is 4.74 Å². The van der Waals surface area contributed by atoms with Gasteiger partial charge >= 0.3 is 0 Å². The molecular formula is C17H17ClN2O3. The van der Waals surface area contributed by atoms with E-state index in [-0.39, 0.29) is 18.9 Å². The number of para-hydroxylation sites is 1. The first-order valence-corrected chi connectivity index (χ1v) is 7.43. The van der Waals surface area contributed by atoms with Crippen LogP contribution in [0, 0.1) is 6.92 Å². The minimum Gasteiger partial charge on any atom is -0.483 e. The molecule has 0 saturated heterocycles. The largest absolute Gasteiger partial charge is 0.483 e. The van der Waals surface area contributed by atoms with Gasteiger partial charge in [-0.1, -0.05) is 41.9 Å². The second-order valence-corrected chi connectivity index (χ2v) is 5.39. The normalized spacial score (nSPS) is 10.0. The van der Waals surface area contributed by atoms with Crippen molar-refractivity contribution >= 4 is 23.4 Å². The van der Waals surface area contributed by atoms with Crippen molar-refractivity contribution in [2.24, 2.45) is 0 Å². The molecular weight excluding hydrogens is 316 g/mol. The Morgan fingerprint density at radius 1 is 1.00 bits per heavy atom. The molecule has 2 aromatic rings. The number of hydrogen-bond acceptors (Lipinski definition) is 3. The summed E-state index contributed by atoms with van der Waals surface area (Å²) in [5, 5.41) is 0.607. The Morgan fingerprint density at radius 3 is 2.35 bits per heavy atom. The van der Waals surface area contributed by atoms with E-state index in [4.69, 9.17) is 16.3 Å². The van der Waals surface area contributed by atoms with E-state index < -0.39 is 5.91 Å². The minimum absolute atomic E-state index is 0.149. The maximum atomic E-state index is 11.7. The molecule has 0 aromatic heterocycles. The number of carbonyl (C=O) groups excluding carboxylic acids is 2. The van der Waals surface area contributed by atoms with E-state index in [2.05, 4.69) is 10.9 Å². The van der Waals surface area contributed by atoms with Gasteiger partial charge in [-0.2, -0.15) is 0 Å². The van der Waals surface area contributed by atoms with Crippen LogP contribution >= 0.6 is 11.6 Å². The lowest BCUT2D eigenvalue weighted by atomic mass is 10.1. The Kier molecular flexibility index (Phi) is 6.00. The van der Waals surface area contributed by atoms with Crippen LogP contribution < -0.4 is 15.6 Å². The maximum absolute atomic E-state index is 11.7. The molecule has 120 valence electrons. The predicted molar refractivity (Wildman–Crippen MR) is 88.1 cm³/mol. The molecule has 0 aliphatic rings. The fourth-order valence-corrected chi connectivity index (χ4v) is 2.00. The topological polar surface area (TPSA) is 67.4 Å². The molecule has 0 fully saturated rings. The average molecular weight is 333 g/mol. The number of halogens is 1. The highest BCUT2D eigenvalue weighted by atomic mass is 35.5. The summed E-state index contributed by atoms with van der Waals surface area (Å²) in [6.45, 7) is 1.72. The zero-order valence-electron chi connectivity index (χ0n) is 12.6. The van der Waals surface area contributed by atoms with Crippen molar-refractivity contribution in [1.29, 1.82) is 0 Å². The average Bonchev–Trinajstić information content (AvgIpc) is 2.54. The van der Waals surface area contributed by atoms with Crippen LogP contribution in [0.1, 0.15) is 11.1 Å². The van der Waals surface area contributed by atoms with Crippen LogP contribution in [0.2, 0.25) is 5.02 Å². The third kappa shape index (κ3) is 5.64. The van der Waals surface area contributed by atoms with Crippen LogP contribution in [-0.4, -0.2) is 18.4 Å². The van der Waals surface area contributed by atoms with E-state index >= 15 is 0 Å². The van der Waals surface area contributed by atoms with Gasteiger partial charge in [0.15, 0.2) is 6.61 Å². The summed E-state index contributed by atoms with van der Waals surface area (Å²) in [6.07, 6.45) is 0.149. The Labute approximate surface area is 139 Å². The Hall–Kier alpha value is -2.53. The van der Waals surface area contributed by atoms with Crippen LogP contribution in [0.5, 0.6) is 5.75 Å². The number of carbonyl (C=O) groups is 2. The van der Waals surface area contributed by atoms with Crippen LogP contribution in [0.3, 0.4) is 0 Å². The van der Waals surface area contributed by atoms with Crippen LogP contribution in [0.4, 0.5) is 0 Å². The molecule has 2 rings (SSSR count). The van der Waals surface area contributed by atoms with Crippen molar-refractivity contribution in [2.45, 2.75) is 13.3 Å². The van der Waals surface area contributed by atoms with E-state index in [1.807, 2.05) is 25.1 Å². The van der Waals surface area contributed by atoms with Gasteiger partial charge in [-0.3, -0.25) is 20.4 Å². The number of rotatable bonds is 5. The first kappa shape index (κ1) is 16.8. The Morgan fingerprint density at radius 2 is 1.65 bits per heavy atom. The standard InChI is InChI=1S/C17H17ClN2O3/c1-12-4-2-3-5-15(12)23-11-17(22)20-19-16(21)10-13-6-8-14(18)9-7-13/h2-9H,10-11H2,1H3,(H,19,21)(H,20,22). The Bertz CT molecular complexity index is 686. The van der Waals surface area contributed by atoms with Gasteiger partial charge in [0.25, 0.3) is 5.91 Å². The van der Waals surface area contributed by atoms with Crippen molar-refractivity contribution in [3.8, 4) is 5.75 Å². The van der Waals surface area contributed by atoms with Crippen LogP contribution in [0.25, 0.3) is 0 Å². The molecule has 2 amide bonds. The number of aryl methyl sites for hydroxylation is 1. The van der Waals surface area contributed by atoms with Crippen molar-refractivity contribution < 1.29 is 14.3 Å². The van der Waals surface area contributed by atoms with Gasteiger partial charge in [0, 0.05) is 5.02 Å². The van der Waals surface area contributed by atoms with E-state index in [1.165, 1.54) is 0 Å². The molecule has 0 saturated carbocycles. The van der Waals surface area contributed by atoms with Crippen LogP contribution in [0.15, 0.2) is 48.5 Å². The van der Waals surface area contributed by atoms with E-state index in [9.17, 15) is 9.59 Å². The van der Waals surface area contributed by atoms with Gasteiger partial charge in [-0.25, -0.2) is 0 Å². The third-order valence-corrected chi connectivity index (χ3v) is 3.32. The fraction of sp³-hybridized carbons (Fsp3) is 0.176. The summed E-state index contributed by atoms with van der Waals surface area (Å²) in [6, 6.07) is 14.3. The highest BCUT2D eigenvalue weighted by molar-refractivity contribution is 6.30. The zero-order chi connectivity index (χ0) is 16.7. The smallest absolute Gasteiger partial charge is 0.276 e. The number of nitrogens with one attached hydrogen (secondary N) is 2. The van der Waals surface area contributed by atoms with Gasteiger partial charge in [0.2, 0.25) is 5.91 Å². The van der Waals surface area contributed by atoms with Gasteiger partial charge in [0.1, 0.15) is 5.75 Å². The predicted octanol–water partition coefficient (Wildman–Crippen LogP) is 2.42. The number of benzene rings is 2. The first-order chi connectivity index (χ1) is 11.0. The minimum atomic E-state index is -0.433. The maximum Gasteiger partial charge on any atom is 0.276 e. The lowest BCUT2D eigenvalue weighted by molar-refractivity contribution is -0.129. The Balaban J connectivity index is 1.72. The van der Waals surface area contributed by atoms with Gasteiger partial charge in [-0.05, 0) is 36.2 Å². The molecule has 2 N–H and O–H groups in total. The van der Waals surface area contributed by atoms with E-state index in [0.717, 1.165) is 11.1 Å². The molecule has 0 aliphatic heterocycles. The van der Waals surface area contributed by atoms with Crippen molar-refractivity contribution in [3.63, 3.8) is 0 Å². The fourth-order valence-electron chi connectivity index (χ4n) is 1.87. The van der Waals surface area contributed by atoms with Crippen molar-refractivity contribution in [3.05, 3.63) is 64.7 Å². The number of ether oxygens (including phenoxy) is 1. The lowest BCUT2D eigenvalue weighted by Gasteiger charge is -2.10. The molecule has 0 unspecified atom stereocenters. The summed E-state index contributed by atoms with van der Waals surface area (Å²) < 4.78 is 5.38. The molecule has 5 nitrogen and oxygen atoms in total. The monoisotopic (exact) mass is 332 g/mol. The number of hydrogen-bond donors (Lipinski definition) is 2. The summed E-state index contributed by atoms with van der Waals surface area (Å²) in [7, 11) is 0. The summed E-state index contributed by atoms with van der Waals surface area (Å²) in [5.74, 6) is -0.121. The SMILES string of the molecule is Cc1ccccc1OCC(=O)NNC(=O)Cc1ccc(Cl)cc1. The van der Waals surface area contributed by atoms with E-state index in [0.29, 0.717) is 10.8 Å². The number of amides is 2. The first-order valence-electron chi connectivity index (χ1n) is 7.05. The third-order valence-electron chi connectivity index (χ3n) is 3.07. The van der Waals surface area contributed by atoms with E-state index in [1.54, 1.807) is 30.3 Å². The molecule has 0 heterocycles.